The Morgan fingerprint density at radius 1 is 0.789 bits per heavy atom. The van der Waals surface area contributed by atoms with Crippen molar-refractivity contribution in [2.24, 2.45) is 0 Å². The van der Waals surface area contributed by atoms with Crippen molar-refractivity contribution in [1.82, 2.24) is 24.1 Å². The summed E-state index contributed by atoms with van der Waals surface area (Å²) >= 11 is 0. The number of rotatable bonds is 3. The van der Waals surface area contributed by atoms with Gasteiger partial charge in [0.25, 0.3) is 5.56 Å². The van der Waals surface area contributed by atoms with Crippen LogP contribution in [0.1, 0.15) is 21.9 Å². The van der Waals surface area contributed by atoms with E-state index in [1.807, 2.05) is 18.2 Å². The number of carbonyl (C=O) groups is 1. The maximum atomic E-state index is 14.3. The Morgan fingerprint density at radius 2 is 1.47 bits per heavy atom. The molecule has 0 atom stereocenters. The summed E-state index contributed by atoms with van der Waals surface area (Å²) in [7, 11) is 0. The van der Waals surface area contributed by atoms with Crippen molar-refractivity contribution >= 4 is 44.3 Å². The molecule has 38 heavy (non-hydrogen) atoms. The summed E-state index contributed by atoms with van der Waals surface area (Å²) in [6.07, 6.45) is 0. The van der Waals surface area contributed by atoms with Gasteiger partial charge in [0.05, 0.1) is 22.2 Å². The molecular weight excluding hydrogens is 482 g/mol. The lowest BCUT2D eigenvalue weighted by atomic mass is 10.0. The van der Waals surface area contributed by atoms with E-state index in [2.05, 4.69) is 10.1 Å². The lowest BCUT2D eigenvalue weighted by molar-refractivity contribution is 0.102. The van der Waals surface area contributed by atoms with E-state index in [1.54, 1.807) is 73.7 Å². The van der Waals surface area contributed by atoms with Gasteiger partial charge in [-0.2, -0.15) is 9.67 Å². The Balaban J connectivity index is 1.71. The average Bonchev–Trinajstić information content (AvgIpc) is 3.33. The van der Waals surface area contributed by atoms with E-state index >= 15 is 0 Å². The number of hydrogen-bond acceptors (Lipinski definition) is 7. The number of ketones is 1. The predicted molar refractivity (Wildman–Crippen MR) is 142 cm³/mol. The Kier molecular flexibility index (Phi) is 4.61. The summed E-state index contributed by atoms with van der Waals surface area (Å²) in [5, 5.41) is 5.83. The van der Waals surface area contributed by atoms with Gasteiger partial charge in [0.15, 0.2) is 5.65 Å². The number of pyridine rings is 1. The van der Waals surface area contributed by atoms with Crippen LogP contribution in [0, 0.1) is 6.92 Å². The minimum Gasteiger partial charge on any atom is -0.422 e. The fraction of sp³-hybridized carbons (Fsp3) is 0.0345. The first-order chi connectivity index (χ1) is 18.5. The molecule has 7 rings (SSSR count). The van der Waals surface area contributed by atoms with Gasteiger partial charge in [0.1, 0.15) is 5.58 Å². The van der Waals surface area contributed by atoms with Crippen LogP contribution >= 0.6 is 0 Å². The molecule has 0 aliphatic rings. The fourth-order valence-corrected chi connectivity index (χ4v) is 4.88. The van der Waals surface area contributed by atoms with Crippen LogP contribution < -0.4 is 11.2 Å². The van der Waals surface area contributed by atoms with Crippen molar-refractivity contribution in [2.45, 2.75) is 6.92 Å². The SMILES string of the molecule is Cc1nc2nc3n(-c4ccccc4)nc(C(=O)c4ccccc4)n3c(=O)c2c2c1c(=O)oc1ccccc12. The Hall–Kier alpha value is -5.44. The van der Waals surface area contributed by atoms with Crippen LogP contribution in [0.4, 0.5) is 0 Å². The summed E-state index contributed by atoms with van der Waals surface area (Å²) in [6, 6.07) is 24.7. The molecule has 0 fully saturated rings. The number of carbonyl (C=O) groups excluding carboxylic acids is 1. The van der Waals surface area contributed by atoms with Crippen LogP contribution in [0.2, 0.25) is 0 Å². The second kappa shape index (κ2) is 8.04. The van der Waals surface area contributed by atoms with Gasteiger partial charge in [0.2, 0.25) is 17.4 Å². The quantitative estimate of drug-likeness (QED) is 0.203. The zero-order valence-electron chi connectivity index (χ0n) is 20.0. The Bertz CT molecular complexity index is 2200. The first-order valence-electron chi connectivity index (χ1n) is 11.9. The number of para-hydroxylation sites is 2. The van der Waals surface area contributed by atoms with Crippen molar-refractivity contribution in [2.75, 3.05) is 0 Å². The molecule has 9 nitrogen and oxygen atoms in total. The minimum atomic E-state index is -0.601. The number of nitrogens with zero attached hydrogens (tertiary/aromatic N) is 5. The Morgan fingerprint density at radius 3 is 2.24 bits per heavy atom. The highest BCUT2D eigenvalue weighted by atomic mass is 16.4. The van der Waals surface area contributed by atoms with Crippen LogP contribution in [0.15, 0.2) is 98.9 Å². The molecule has 0 unspecified atom stereocenters. The van der Waals surface area contributed by atoms with E-state index in [4.69, 9.17) is 9.40 Å². The molecule has 0 aliphatic carbocycles. The van der Waals surface area contributed by atoms with Gasteiger partial charge in [-0.1, -0.05) is 66.7 Å². The monoisotopic (exact) mass is 499 g/mol. The predicted octanol–water partition coefficient (Wildman–Crippen LogP) is 4.23. The third-order valence-corrected chi connectivity index (χ3v) is 6.58. The van der Waals surface area contributed by atoms with Crippen molar-refractivity contribution < 1.29 is 9.21 Å². The second-order valence-corrected chi connectivity index (χ2v) is 8.85. The first kappa shape index (κ1) is 21.8. The molecule has 4 heterocycles. The van der Waals surface area contributed by atoms with Crippen molar-refractivity contribution in [1.29, 1.82) is 0 Å². The number of aryl methyl sites for hydroxylation is 1. The van der Waals surface area contributed by atoms with E-state index in [9.17, 15) is 14.4 Å². The lowest BCUT2D eigenvalue weighted by Crippen LogP contribution is -2.21. The maximum absolute atomic E-state index is 14.3. The number of aromatic nitrogens is 5. The van der Waals surface area contributed by atoms with Gasteiger partial charge in [-0.05, 0) is 25.1 Å². The molecule has 0 N–H and O–H groups in total. The van der Waals surface area contributed by atoms with E-state index < -0.39 is 17.0 Å². The molecule has 0 saturated carbocycles. The molecule has 9 heteroatoms. The third-order valence-electron chi connectivity index (χ3n) is 6.58. The lowest BCUT2D eigenvalue weighted by Gasteiger charge is -2.09. The van der Waals surface area contributed by atoms with Crippen molar-refractivity contribution in [3.8, 4) is 5.69 Å². The minimum absolute atomic E-state index is 0.101. The normalized spacial score (nSPS) is 11.6. The van der Waals surface area contributed by atoms with Gasteiger partial charge in [-0.25, -0.2) is 14.2 Å². The highest BCUT2D eigenvalue weighted by Crippen LogP contribution is 2.29. The van der Waals surface area contributed by atoms with Gasteiger partial charge in [-0.15, -0.1) is 5.10 Å². The van der Waals surface area contributed by atoms with Crippen LogP contribution in [0.25, 0.3) is 44.2 Å². The summed E-state index contributed by atoms with van der Waals surface area (Å²) in [5.41, 5.74) is 0.697. The Labute approximate surface area is 213 Å². The van der Waals surface area contributed by atoms with Gasteiger partial charge >= 0.3 is 5.63 Å². The zero-order chi connectivity index (χ0) is 26.0. The molecule has 0 saturated heterocycles. The number of fused-ring (bicyclic) bond motifs is 6. The highest BCUT2D eigenvalue weighted by molar-refractivity contribution is 6.17. The number of benzene rings is 3. The first-order valence-corrected chi connectivity index (χ1v) is 11.9. The summed E-state index contributed by atoms with van der Waals surface area (Å²) in [5.74, 6) is -0.413. The molecule has 3 aromatic carbocycles. The molecule has 0 bridgehead atoms. The van der Waals surface area contributed by atoms with E-state index in [0.29, 0.717) is 33.3 Å². The molecule has 0 amide bonds. The zero-order valence-corrected chi connectivity index (χ0v) is 20.0. The molecule has 4 aromatic heterocycles. The van der Waals surface area contributed by atoms with Gasteiger partial charge in [-0.3, -0.25) is 9.59 Å². The topological polar surface area (TPSA) is 112 Å². The van der Waals surface area contributed by atoms with Gasteiger partial charge < -0.3 is 4.42 Å². The van der Waals surface area contributed by atoms with Crippen LogP contribution in [-0.4, -0.2) is 29.9 Å². The van der Waals surface area contributed by atoms with E-state index in [1.165, 1.54) is 9.08 Å². The van der Waals surface area contributed by atoms with Crippen molar-refractivity contribution in [3.63, 3.8) is 0 Å². The molecule has 0 spiro atoms. The number of hydrogen-bond donors (Lipinski definition) is 0. The standard InChI is InChI=1S/C29H17N5O4/c1-16-21-22(19-14-8-9-15-20(19)38-28(21)37)23-25(30-16)31-29-33(27(23)36)26(24(35)17-10-4-2-5-11-17)32-34(29)18-12-6-3-7-13-18/h2-15H,1H3. The van der Waals surface area contributed by atoms with Crippen LogP contribution in [0.3, 0.4) is 0 Å². The summed E-state index contributed by atoms with van der Waals surface area (Å²) < 4.78 is 8.17. The van der Waals surface area contributed by atoms with E-state index in [0.717, 1.165) is 0 Å². The molecule has 182 valence electrons. The van der Waals surface area contributed by atoms with E-state index in [-0.39, 0.29) is 28.0 Å². The van der Waals surface area contributed by atoms with Crippen LogP contribution in [0.5, 0.6) is 0 Å². The van der Waals surface area contributed by atoms with Crippen LogP contribution in [-0.2, 0) is 0 Å². The molecule has 7 aromatic rings. The third kappa shape index (κ3) is 3.05. The fourth-order valence-electron chi connectivity index (χ4n) is 4.88. The average molecular weight is 499 g/mol. The van der Waals surface area contributed by atoms with Crippen molar-refractivity contribution in [3.05, 3.63) is 123 Å². The van der Waals surface area contributed by atoms with Gasteiger partial charge in [0, 0.05) is 16.3 Å². The second-order valence-electron chi connectivity index (χ2n) is 8.85. The summed E-state index contributed by atoms with van der Waals surface area (Å²) in [4.78, 5) is 50.2. The maximum Gasteiger partial charge on any atom is 0.346 e. The molecular formula is C29H17N5O4. The summed E-state index contributed by atoms with van der Waals surface area (Å²) in [6.45, 7) is 1.68. The molecule has 0 radical (unpaired) electrons. The smallest absolute Gasteiger partial charge is 0.346 e. The highest BCUT2D eigenvalue weighted by Gasteiger charge is 2.26. The molecule has 0 aliphatic heterocycles. The largest absolute Gasteiger partial charge is 0.422 e.